The molecule has 2 rings (SSSR count). The molecule has 0 heterocycles. The smallest absolute Gasteiger partial charge is 0.255 e. The molecule has 0 spiro atoms. The summed E-state index contributed by atoms with van der Waals surface area (Å²) in [5.41, 5.74) is 1.02. The number of carbonyl (C=O) groups excluding carboxylic acids is 1. The lowest BCUT2D eigenvalue weighted by molar-refractivity contribution is 0.102. The SMILES string of the molecule is CCOc1ccc(C(=O)Nc2ccc(F)cc2Br)cc1. The van der Waals surface area contributed by atoms with Crippen LogP contribution in [0.15, 0.2) is 46.9 Å². The fourth-order valence-corrected chi connectivity index (χ4v) is 2.10. The van der Waals surface area contributed by atoms with Crippen LogP contribution in [0.4, 0.5) is 10.1 Å². The van der Waals surface area contributed by atoms with E-state index in [1.54, 1.807) is 24.3 Å². The molecule has 2 aromatic carbocycles. The molecule has 0 aliphatic rings. The Morgan fingerprint density at radius 1 is 1.25 bits per heavy atom. The van der Waals surface area contributed by atoms with Crippen molar-refractivity contribution >= 4 is 27.5 Å². The van der Waals surface area contributed by atoms with Crippen LogP contribution in [0, 0.1) is 5.82 Å². The zero-order chi connectivity index (χ0) is 14.5. The fourth-order valence-electron chi connectivity index (χ4n) is 1.65. The van der Waals surface area contributed by atoms with Gasteiger partial charge in [0, 0.05) is 10.0 Å². The first-order chi connectivity index (χ1) is 9.60. The number of amides is 1. The first kappa shape index (κ1) is 14.5. The number of rotatable bonds is 4. The summed E-state index contributed by atoms with van der Waals surface area (Å²) in [6.07, 6.45) is 0. The van der Waals surface area contributed by atoms with Crippen molar-refractivity contribution in [1.82, 2.24) is 0 Å². The maximum atomic E-state index is 13.0. The van der Waals surface area contributed by atoms with Crippen LogP contribution in [0.25, 0.3) is 0 Å². The Morgan fingerprint density at radius 3 is 2.55 bits per heavy atom. The summed E-state index contributed by atoms with van der Waals surface area (Å²) in [5, 5.41) is 2.71. The average molecular weight is 338 g/mol. The zero-order valence-electron chi connectivity index (χ0n) is 10.8. The topological polar surface area (TPSA) is 38.3 Å². The highest BCUT2D eigenvalue weighted by Crippen LogP contribution is 2.24. The predicted molar refractivity (Wildman–Crippen MR) is 79.7 cm³/mol. The van der Waals surface area contributed by atoms with E-state index >= 15 is 0 Å². The maximum Gasteiger partial charge on any atom is 0.255 e. The van der Waals surface area contributed by atoms with Crippen molar-refractivity contribution in [2.45, 2.75) is 6.92 Å². The Hall–Kier alpha value is -1.88. The van der Waals surface area contributed by atoms with Gasteiger partial charge in [-0.2, -0.15) is 0 Å². The van der Waals surface area contributed by atoms with Gasteiger partial charge in [0.1, 0.15) is 11.6 Å². The molecule has 0 bridgehead atoms. The van der Waals surface area contributed by atoms with Crippen molar-refractivity contribution in [3.05, 3.63) is 58.3 Å². The van der Waals surface area contributed by atoms with Crippen LogP contribution >= 0.6 is 15.9 Å². The van der Waals surface area contributed by atoms with Gasteiger partial charge in [0.15, 0.2) is 0 Å². The Balaban J connectivity index is 2.11. The molecule has 0 unspecified atom stereocenters. The minimum Gasteiger partial charge on any atom is -0.494 e. The van der Waals surface area contributed by atoms with Crippen LogP contribution in [0.2, 0.25) is 0 Å². The Kier molecular flexibility index (Phi) is 4.74. The highest BCUT2D eigenvalue weighted by Gasteiger charge is 2.09. The van der Waals surface area contributed by atoms with Crippen LogP contribution in [0.5, 0.6) is 5.75 Å². The molecule has 0 aliphatic heterocycles. The van der Waals surface area contributed by atoms with E-state index in [9.17, 15) is 9.18 Å². The molecule has 0 aliphatic carbocycles. The highest BCUT2D eigenvalue weighted by molar-refractivity contribution is 9.10. The molecule has 104 valence electrons. The summed E-state index contributed by atoms with van der Waals surface area (Å²) >= 11 is 3.21. The molecule has 0 aromatic heterocycles. The van der Waals surface area contributed by atoms with Crippen LogP contribution < -0.4 is 10.1 Å². The Bertz CT molecular complexity index is 614. The third kappa shape index (κ3) is 3.57. The summed E-state index contributed by atoms with van der Waals surface area (Å²) < 4.78 is 18.8. The van der Waals surface area contributed by atoms with E-state index in [0.717, 1.165) is 0 Å². The number of hydrogen-bond donors (Lipinski definition) is 1. The van der Waals surface area contributed by atoms with Gasteiger partial charge in [-0.1, -0.05) is 0 Å². The molecular weight excluding hydrogens is 325 g/mol. The summed E-state index contributed by atoms with van der Waals surface area (Å²) in [7, 11) is 0. The molecule has 0 radical (unpaired) electrons. The van der Waals surface area contributed by atoms with E-state index in [2.05, 4.69) is 21.2 Å². The predicted octanol–water partition coefficient (Wildman–Crippen LogP) is 4.24. The Morgan fingerprint density at radius 2 is 1.95 bits per heavy atom. The van der Waals surface area contributed by atoms with Crippen molar-refractivity contribution in [2.75, 3.05) is 11.9 Å². The number of anilines is 1. The van der Waals surface area contributed by atoms with Crippen molar-refractivity contribution in [3.63, 3.8) is 0 Å². The largest absolute Gasteiger partial charge is 0.494 e. The van der Waals surface area contributed by atoms with Crippen molar-refractivity contribution < 1.29 is 13.9 Å². The van der Waals surface area contributed by atoms with E-state index in [0.29, 0.717) is 28.1 Å². The quantitative estimate of drug-likeness (QED) is 0.906. The molecule has 0 atom stereocenters. The number of nitrogens with one attached hydrogen (secondary N) is 1. The standard InChI is InChI=1S/C15H13BrFNO2/c1-2-20-12-6-3-10(4-7-12)15(19)18-14-8-5-11(17)9-13(14)16/h3-9H,2H2,1H3,(H,18,19). The lowest BCUT2D eigenvalue weighted by Crippen LogP contribution is -2.12. The highest BCUT2D eigenvalue weighted by atomic mass is 79.9. The summed E-state index contributed by atoms with van der Waals surface area (Å²) in [4.78, 5) is 12.1. The molecular formula is C15H13BrFNO2. The molecule has 0 saturated heterocycles. The fraction of sp³-hybridized carbons (Fsp3) is 0.133. The number of benzene rings is 2. The zero-order valence-corrected chi connectivity index (χ0v) is 12.4. The second-order valence-electron chi connectivity index (χ2n) is 4.04. The van der Waals surface area contributed by atoms with Gasteiger partial charge >= 0.3 is 0 Å². The van der Waals surface area contributed by atoms with Gasteiger partial charge in [-0.25, -0.2) is 4.39 Å². The van der Waals surface area contributed by atoms with Gasteiger partial charge < -0.3 is 10.1 Å². The third-order valence-corrected chi connectivity index (χ3v) is 3.26. The molecule has 5 heteroatoms. The minimum absolute atomic E-state index is 0.264. The number of carbonyl (C=O) groups is 1. The molecule has 20 heavy (non-hydrogen) atoms. The van der Waals surface area contributed by atoms with Crippen LogP contribution in [0.1, 0.15) is 17.3 Å². The normalized spacial score (nSPS) is 10.2. The lowest BCUT2D eigenvalue weighted by Gasteiger charge is -2.08. The second kappa shape index (κ2) is 6.52. The summed E-state index contributed by atoms with van der Waals surface area (Å²) in [6.45, 7) is 2.47. The summed E-state index contributed by atoms with van der Waals surface area (Å²) in [5.74, 6) is 0.0864. The lowest BCUT2D eigenvalue weighted by atomic mass is 10.2. The van der Waals surface area contributed by atoms with E-state index < -0.39 is 0 Å². The van der Waals surface area contributed by atoms with Gasteiger partial charge in [-0.3, -0.25) is 4.79 Å². The summed E-state index contributed by atoms with van der Waals surface area (Å²) in [6, 6.07) is 10.9. The molecule has 0 saturated carbocycles. The van der Waals surface area contributed by atoms with Crippen LogP contribution in [-0.4, -0.2) is 12.5 Å². The van der Waals surface area contributed by atoms with Crippen LogP contribution in [-0.2, 0) is 0 Å². The average Bonchev–Trinajstić information content (AvgIpc) is 2.43. The van der Waals surface area contributed by atoms with Crippen molar-refractivity contribution in [1.29, 1.82) is 0 Å². The van der Waals surface area contributed by atoms with Crippen molar-refractivity contribution in [3.8, 4) is 5.75 Å². The van der Waals surface area contributed by atoms with E-state index in [1.807, 2.05) is 6.92 Å². The third-order valence-electron chi connectivity index (χ3n) is 2.61. The van der Waals surface area contributed by atoms with Gasteiger partial charge in [0.05, 0.1) is 12.3 Å². The molecule has 1 amide bonds. The van der Waals surface area contributed by atoms with Gasteiger partial charge in [-0.15, -0.1) is 0 Å². The van der Waals surface area contributed by atoms with E-state index in [-0.39, 0.29) is 11.7 Å². The Labute approximate surface area is 124 Å². The minimum atomic E-state index is -0.365. The molecule has 1 N–H and O–H groups in total. The maximum absolute atomic E-state index is 13.0. The van der Waals surface area contributed by atoms with Gasteiger partial charge in [0.25, 0.3) is 5.91 Å². The molecule has 2 aromatic rings. The first-order valence-corrected chi connectivity index (χ1v) is 6.88. The second-order valence-corrected chi connectivity index (χ2v) is 4.89. The first-order valence-electron chi connectivity index (χ1n) is 6.09. The van der Waals surface area contributed by atoms with Gasteiger partial charge in [-0.05, 0) is 65.3 Å². The number of hydrogen-bond acceptors (Lipinski definition) is 2. The van der Waals surface area contributed by atoms with E-state index in [1.165, 1.54) is 18.2 Å². The van der Waals surface area contributed by atoms with E-state index in [4.69, 9.17) is 4.74 Å². The monoisotopic (exact) mass is 337 g/mol. The van der Waals surface area contributed by atoms with Gasteiger partial charge in [0.2, 0.25) is 0 Å². The van der Waals surface area contributed by atoms with Crippen molar-refractivity contribution in [2.24, 2.45) is 0 Å². The van der Waals surface area contributed by atoms with Crippen LogP contribution in [0.3, 0.4) is 0 Å². The number of halogens is 2. The number of ether oxygens (including phenoxy) is 1. The molecule has 3 nitrogen and oxygen atoms in total. The molecule has 0 fully saturated rings.